The first-order chi connectivity index (χ1) is 9.72. The highest BCUT2D eigenvalue weighted by atomic mass is 16.3. The standard InChI is InChI=1S/C17H24N2O/c1-3-4-5-6-7-12-18-15-10-11-16(20)17-14(15)9-8-13(2)19-17/h8-11,18,20H,3-7,12H2,1-2H3. The zero-order valence-electron chi connectivity index (χ0n) is 12.4. The van der Waals surface area contributed by atoms with Crippen LogP contribution in [-0.2, 0) is 0 Å². The van der Waals surface area contributed by atoms with E-state index in [1.807, 2.05) is 25.1 Å². The predicted octanol–water partition coefficient (Wildman–Crippen LogP) is 4.63. The van der Waals surface area contributed by atoms with Crippen LogP contribution in [0.3, 0.4) is 0 Å². The Morgan fingerprint density at radius 1 is 1.05 bits per heavy atom. The quantitative estimate of drug-likeness (QED) is 0.570. The molecule has 2 N–H and O–H groups in total. The summed E-state index contributed by atoms with van der Waals surface area (Å²) in [6.07, 6.45) is 6.37. The van der Waals surface area contributed by atoms with Gasteiger partial charge >= 0.3 is 0 Å². The first-order valence-electron chi connectivity index (χ1n) is 7.55. The summed E-state index contributed by atoms with van der Waals surface area (Å²) in [5.41, 5.74) is 2.66. The lowest BCUT2D eigenvalue weighted by Gasteiger charge is -2.11. The third kappa shape index (κ3) is 3.62. The van der Waals surface area contributed by atoms with Crippen molar-refractivity contribution in [3.63, 3.8) is 0 Å². The summed E-state index contributed by atoms with van der Waals surface area (Å²) in [6, 6.07) is 7.65. The number of aromatic hydroxyl groups is 1. The lowest BCUT2D eigenvalue weighted by Crippen LogP contribution is -2.02. The molecule has 1 heterocycles. The average Bonchev–Trinajstić information content (AvgIpc) is 2.45. The van der Waals surface area contributed by atoms with E-state index in [2.05, 4.69) is 17.2 Å². The Balaban J connectivity index is 2.02. The van der Waals surface area contributed by atoms with Crippen molar-refractivity contribution in [1.82, 2.24) is 4.98 Å². The van der Waals surface area contributed by atoms with Crippen LogP contribution in [-0.4, -0.2) is 16.6 Å². The number of nitrogens with one attached hydrogen (secondary N) is 1. The van der Waals surface area contributed by atoms with E-state index in [0.29, 0.717) is 5.52 Å². The van der Waals surface area contributed by atoms with E-state index in [4.69, 9.17) is 0 Å². The number of aryl methyl sites for hydroxylation is 1. The zero-order valence-corrected chi connectivity index (χ0v) is 12.4. The van der Waals surface area contributed by atoms with Gasteiger partial charge in [0.25, 0.3) is 0 Å². The number of hydrogen-bond acceptors (Lipinski definition) is 3. The summed E-state index contributed by atoms with van der Waals surface area (Å²) >= 11 is 0. The molecule has 0 saturated heterocycles. The largest absolute Gasteiger partial charge is 0.506 e. The Hall–Kier alpha value is -1.77. The van der Waals surface area contributed by atoms with Gasteiger partial charge in [-0.05, 0) is 37.6 Å². The summed E-state index contributed by atoms with van der Waals surface area (Å²) in [5.74, 6) is 0.247. The molecule has 0 aliphatic carbocycles. The number of fused-ring (bicyclic) bond motifs is 1. The average molecular weight is 272 g/mol. The van der Waals surface area contributed by atoms with Crippen molar-refractivity contribution in [2.24, 2.45) is 0 Å². The lowest BCUT2D eigenvalue weighted by molar-refractivity contribution is 0.480. The molecule has 0 saturated carbocycles. The molecule has 0 unspecified atom stereocenters. The van der Waals surface area contributed by atoms with Gasteiger partial charge in [-0.1, -0.05) is 32.6 Å². The first-order valence-corrected chi connectivity index (χ1v) is 7.55. The lowest BCUT2D eigenvalue weighted by atomic mass is 10.1. The fourth-order valence-corrected chi connectivity index (χ4v) is 2.41. The number of nitrogens with zero attached hydrogens (tertiary/aromatic N) is 1. The topological polar surface area (TPSA) is 45.1 Å². The van der Waals surface area contributed by atoms with Crippen molar-refractivity contribution in [3.8, 4) is 5.75 Å². The molecule has 1 aromatic carbocycles. The van der Waals surface area contributed by atoms with E-state index < -0.39 is 0 Å². The van der Waals surface area contributed by atoms with E-state index in [9.17, 15) is 5.11 Å². The van der Waals surface area contributed by atoms with Gasteiger partial charge in [-0.3, -0.25) is 0 Å². The van der Waals surface area contributed by atoms with Crippen molar-refractivity contribution in [2.45, 2.75) is 46.0 Å². The van der Waals surface area contributed by atoms with Gasteiger partial charge in [-0.15, -0.1) is 0 Å². The summed E-state index contributed by atoms with van der Waals surface area (Å²) in [6.45, 7) is 5.14. The van der Waals surface area contributed by atoms with Crippen molar-refractivity contribution in [2.75, 3.05) is 11.9 Å². The second-order valence-corrected chi connectivity index (χ2v) is 5.32. The van der Waals surface area contributed by atoms with Crippen LogP contribution >= 0.6 is 0 Å². The van der Waals surface area contributed by atoms with Crippen LogP contribution in [0.15, 0.2) is 24.3 Å². The number of rotatable bonds is 7. The fraction of sp³-hybridized carbons (Fsp3) is 0.471. The predicted molar refractivity (Wildman–Crippen MR) is 85.4 cm³/mol. The molecule has 3 heteroatoms. The SMILES string of the molecule is CCCCCCCNc1ccc(O)c2nc(C)ccc12. The molecular weight excluding hydrogens is 248 g/mol. The minimum absolute atomic E-state index is 0.247. The van der Waals surface area contributed by atoms with Crippen LogP contribution in [0.25, 0.3) is 10.9 Å². The normalized spacial score (nSPS) is 10.9. The van der Waals surface area contributed by atoms with E-state index in [1.165, 1.54) is 32.1 Å². The minimum Gasteiger partial charge on any atom is -0.506 e. The zero-order chi connectivity index (χ0) is 14.4. The van der Waals surface area contributed by atoms with Crippen LogP contribution in [0.1, 0.15) is 44.7 Å². The smallest absolute Gasteiger partial charge is 0.141 e. The van der Waals surface area contributed by atoms with Crippen molar-refractivity contribution < 1.29 is 5.11 Å². The van der Waals surface area contributed by atoms with Crippen molar-refractivity contribution in [1.29, 1.82) is 0 Å². The molecule has 0 amide bonds. The van der Waals surface area contributed by atoms with Crippen LogP contribution in [0.5, 0.6) is 5.75 Å². The van der Waals surface area contributed by atoms with Gasteiger partial charge in [-0.2, -0.15) is 0 Å². The molecule has 0 radical (unpaired) electrons. The Morgan fingerprint density at radius 2 is 1.85 bits per heavy atom. The van der Waals surface area contributed by atoms with Crippen LogP contribution in [0, 0.1) is 6.92 Å². The fourth-order valence-electron chi connectivity index (χ4n) is 2.41. The first kappa shape index (κ1) is 14.6. The third-order valence-electron chi connectivity index (χ3n) is 3.57. The molecule has 0 bridgehead atoms. The summed E-state index contributed by atoms with van der Waals surface area (Å²) in [4.78, 5) is 4.41. The number of phenolic OH excluding ortho intramolecular Hbond substituents is 1. The molecule has 0 spiro atoms. The number of benzene rings is 1. The van der Waals surface area contributed by atoms with Gasteiger partial charge in [0.05, 0.1) is 0 Å². The van der Waals surface area contributed by atoms with Gasteiger partial charge in [0.2, 0.25) is 0 Å². The molecule has 2 aromatic rings. The van der Waals surface area contributed by atoms with Crippen LogP contribution < -0.4 is 5.32 Å². The molecule has 1 aromatic heterocycles. The molecule has 0 fully saturated rings. The molecule has 0 aliphatic heterocycles. The second-order valence-electron chi connectivity index (χ2n) is 5.32. The van der Waals surface area contributed by atoms with Gasteiger partial charge in [-0.25, -0.2) is 4.98 Å². The molecule has 2 rings (SSSR count). The number of pyridine rings is 1. The molecule has 108 valence electrons. The molecule has 0 atom stereocenters. The Labute approximate surface area is 121 Å². The Kier molecular flexibility index (Phi) is 5.22. The van der Waals surface area contributed by atoms with Gasteiger partial charge in [0, 0.05) is 23.3 Å². The molecule has 0 aliphatic rings. The van der Waals surface area contributed by atoms with Crippen molar-refractivity contribution >= 4 is 16.6 Å². The maximum atomic E-state index is 9.90. The Bertz CT molecular complexity index is 566. The number of phenols is 1. The summed E-state index contributed by atoms with van der Waals surface area (Å²) in [7, 11) is 0. The highest BCUT2D eigenvalue weighted by Crippen LogP contribution is 2.29. The van der Waals surface area contributed by atoms with Crippen LogP contribution in [0.4, 0.5) is 5.69 Å². The monoisotopic (exact) mass is 272 g/mol. The van der Waals surface area contributed by atoms with E-state index in [1.54, 1.807) is 6.07 Å². The van der Waals surface area contributed by atoms with Gasteiger partial charge < -0.3 is 10.4 Å². The maximum absolute atomic E-state index is 9.90. The molecular formula is C17H24N2O. The van der Waals surface area contributed by atoms with Crippen LogP contribution in [0.2, 0.25) is 0 Å². The molecule has 3 nitrogen and oxygen atoms in total. The number of aromatic nitrogens is 1. The molecule has 20 heavy (non-hydrogen) atoms. The third-order valence-corrected chi connectivity index (χ3v) is 3.57. The minimum atomic E-state index is 0.247. The highest BCUT2D eigenvalue weighted by Gasteiger charge is 2.06. The number of hydrogen-bond donors (Lipinski definition) is 2. The summed E-state index contributed by atoms with van der Waals surface area (Å²) in [5, 5.41) is 14.3. The van der Waals surface area contributed by atoms with Gasteiger partial charge in [0.15, 0.2) is 0 Å². The van der Waals surface area contributed by atoms with Crippen molar-refractivity contribution in [3.05, 3.63) is 30.0 Å². The van der Waals surface area contributed by atoms with E-state index in [0.717, 1.165) is 23.3 Å². The van der Waals surface area contributed by atoms with E-state index >= 15 is 0 Å². The van der Waals surface area contributed by atoms with E-state index in [-0.39, 0.29) is 5.75 Å². The second kappa shape index (κ2) is 7.13. The number of anilines is 1. The summed E-state index contributed by atoms with van der Waals surface area (Å²) < 4.78 is 0. The maximum Gasteiger partial charge on any atom is 0.141 e. The Morgan fingerprint density at radius 3 is 2.65 bits per heavy atom. The number of unbranched alkanes of at least 4 members (excludes halogenated alkanes) is 4. The highest BCUT2D eigenvalue weighted by molar-refractivity contribution is 5.95. The van der Waals surface area contributed by atoms with Gasteiger partial charge in [0.1, 0.15) is 11.3 Å².